The number of aliphatic hydroxyl groups is 3. The number of Topliss-reactive ketones (excluding diaryl/α,β-unsaturated/α-hetero) is 2. The van der Waals surface area contributed by atoms with Crippen LogP contribution in [0.4, 0.5) is 0 Å². The molecule has 0 fully saturated rings. The number of carbonyl (C=O) groups excluding carboxylic acids is 2. The first-order valence-electron chi connectivity index (χ1n) is 8.42. The van der Waals surface area contributed by atoms with Crippen LogP contribution in [0.5, 0.6) is 11.5 Å². The van der Waals surface area contributed by atoms with Gasteiger partial charge >= 0.3 is 5.97 Å². The highest BCUT2D eigenvalue weighted by Crippen LogP contribution is 2.50. The summed E-state index contributed by atoms with van der Waals surface area (Å²) in [4.78, 5) is 37.7. The maximum Gasteiger partial charge on any atom is 0.347 e. The van der Waals surface area contributed by atoms with E-state index in [9.17, 15) is 45.0 Å². The van der Waals surface area contributed by atoms with Crippen LogP contribution in [0, 0.1) is 0 Å². The summed E-state index contributed by atoms with van der Waals surface area (Å²) < 4.78 is 0. The molecule has 0 amide bonds. The predicted molar refractivity (Wildman–Crippen MR) is 93.8 cm³/mol. The molecular formula is C19H18O9. The maximum absolute atomic E-state index is 13.1. The molecule has 0 bridgehead atoms. The Bertz CT molecular complexity index is 1010. The molecule has 0 radical (unpaired) electrons. The van der Waals surface area contributed by atoms with E-state index < -0.39 is 62.7 Å². The Labute approximate surface area is 158 Å². The fourth-order valence-corrected chi connectivity index (χ4v) is 3.83. The number of ketones is 2. The van der Waals surface area contributed by atoms with E-state index in [2.05, 4.69) is 0 Å². The van der Waals surface area contributed by atoms with Crippen LogP contribution in [0.1, 0.15) is 42.6 Å². The molecule has 6 N–H and O–H groups in total. The fraction of sp³-hybridized carbons (Fsp3) is 0.316. The second-order valence-electron chi connectivity index (χ2n) is 6.96. The summed E-state index contributed by atoms with van der Waals surface area (Å²) in [5.74, 6) is -6.65. The fourth-order valence-electron chi connectivity index (χ4n) is 3.83. The molecular weight excluding hydrogens is 372 g/mol. The molecule has 0 heterocycles. The van der Waals surface area contributed by atoms with E-state index in [4.69, 9.17) is 0 Å². The van der Waals surface area contributed by atoms with Gasteiger partial charge in [0.15, 0.2) is 5.78 Å². The van der Waals surface area contributed by atoms with Crippen LogP contribution in [-0.2, 0) is 9.59 Å². The van der Waals surface area contributed by atoms with Crippen LogP contribution >= 0.6 is 0 Å². The molecule has 2 aliphatic rings. The van der Waals surface area contributed by atoms with Gasteiger partial charge in [0, 0.05) is 17.2 Å². The van der Waals surface area contributed by atoms with Crippen molar-refractivity contribution in [2.24, 2.45) is 0 Å². The topological polar surface area (TPSA) is 173 Å². The number of allylic oxidation sites excluding steroid dienone is 1. The minimum atomic E-state index is -3.35. The average Bonchev–Trinajstić information content (AvgIpc) is 2.59. The van der Waals surface area contributed by atoms with Crippen molar-refractivity contribution in [3.05, 3.63) is 40.0 Å². The molecule has 148 valence electrons. The van der Waals surface area contributed by atoms with Crippen LogP contribution in [0.2, 0.25) is 0 Å². The van der Waals surface area contributed by atoms with Gasteiger partial charge in [-0.3, -0.25) is 9.59 Å². The van der Waals surface area contributed by atoms with Gasteiger partial charge in [0.05, 0.1) is 11.1 Å². The minimum Gasteiger partial charge on any atom is -0.508 e. The van der Waals surface area contributed by atoms with Crippen molar-refractivity contribution < 1.29 is 45.0 Å². The zero-order chi connectivity index (χ0) is 21.2. The number of carboxylic acids is 1. The molecule has 3 rings (SSSR count). The normalized spacial score (nSPS) is 27.0. The lowest BCUT2D eigenvalue weighted by molar-refractivity contribution is -0.186. The molecule has 1 unspecified atom stereocenters. The van der Waals surface area contributed by atoms with Crippen LogP contribution < -0.4 is 0 Å². The van der Waals surface area contributed by atoms with Gasteiger partial charge in [0.25, 0.3) is 5.60 Å². The summed E-state index contributed by atoms with van der Waals surface area (Å²) in [6.07, 6.45) is 0.256. The van der Waals surface area contributed by atoms with Crippen molar-refractivity contribution >= 4 is 23.3 Å². The Hall–Kier alpha value is -3.17. The van der Waals surface area contributed by atoms with E-state index in [-0.39, 0.29) is 17.6 Å². The molecule has 0 aromatic heterocycles. The van der Waals surface area contributed by atoms with Gasteiger partial charge in [0.2, 0.25) is 5.78 Å². The smallest absolute Gasteiger partial charge is 0.347 e. The first-order valence-corrected chi connectivity index (χ1v) is 8.42. The SMILES string of the molecule is CCCC1=C2C(=O)c3cc(O)cc(O)c3C(O)=C2C(=O)[C@@](O)(C(=O)O)C1(C)O. The van der Waals surface area contributed by atoms with Crippen molar-refractivity contribution in [1.29, 1.82) is 0 Å². The third-order valence-corrected chi connectivity index (χ3v) is 5.26. The van der Waals surface area contributed by atoms with Crippen LogP contribution in [0.25, 0.3) is 5.76 Å². The number of phenols is 2. The molecule has 1 aromatic rings. The van der Waals surface area contributed by atoms with Crippen molar-refractivity contribution in [1.82, 2.24) is 0 Å². The largest absolute Gasteiger partial charge is 0.508 e. The number of aliphatic hydroxyl groups excluding tert-OH is 1. The Morgan fingerprint density at radius 1 is 1.07 bits per heavy atom. The van der Waals surface area contributed by atoms with Gasteiger partial charge in [-0.25, -0.2) is 4.79 Å². The monoisotopic (exact) mass is 390 g/mol. The van der Waals surface area contributed by atoms with Crippen molar-refractivity contribution in [2.45, 2.75) is 37.9 Å². The second-order valence-corrected chi connectivity index (χ2v) is 6.96. The van der Waals surface area contributed by atoms with Crippen molar-refractivity contribution in [3.63, 3.8) is 0 Å². The van der Waals surface area contributed by atoms with E-state index in [1.807, 2.05) is 0 Å². The first-order chi connectivity index (χ1) is 12.9. The van der Waals surface area contributed by atoms with E-state index in [1.165, 1.54) is 0 Å². The van der Waals surface area contributed by atoms with Crippen molar-refractivity contribution in [3.8, 4) is 11.5 Å². The van der Waals surface area contributed by atoms with Crippen LogP contribution in [0.15, 0.2) is 28.9 Å². The number of rotatable bonds is 3. The Morgan fingerprint density at radius 3 is 2.21 bits per heavy atom. The van der Waals surface area contributed by atoms with E-state index in [0.29, 0.717) is 6.42 Å². The van der Waals surface area contributed by atoms with Crippen LogP contribution in [0.3, 0.4) is 0 Å². The summed E-state index contributed by atoms with van der Waals surface area (Å²) in [5.41, 5.74) is -8.27. The molecule has 0 spiro atoms. The highest BCUT2D eigenvalue weighted by Gasteiger charge is 2.65. The molecule has 9 nitrogen and oxygen atoms in total. The number of carboxylic acid groups (broad SMARTS) is 1. The van der Waals surface area contributed by atoms with Gasteiger partial charge < -0.3 is 30.6 Å². The average molecular weight is 390 g/mol. The molecule has 0 saturated heterocycles. The van der Waals surface area contributed by atoms with Gasteiger partial charge in [-0.05, 0) is 25.0 Å². The lowest BCUT2D eigenvalue weighted by Gasteiger charge is -2.44. The van der Waals surface area contributed by atoms with Gasteiger partial charge in [-0.2, -0.15) is 0 Å². The summed E-state index contributed by atoms with van der Waals surface area (Å²) in [6.45, 7) is 2.58. The standard InChI is InChI=1S/C19H18O9/c1-3-4-9-12-13(16(24)19(28,17(25)26)18(9,2)27)15(23)11-8(14(12)22)5-7(20)6-10(11)21/h5-6,20-21,23,27-28H,3-4H2,1-2H3,(H,25,26)/t18?,19-/m1/s1. The Balaban J connectivity index is 2.53. The number of fused-ring (bicyclic) bond motifs is 2. The number of benzene rings is 1. The number of aliphatic carboxylic acids is 1. The quantitative estimate of drug-likeness (QED) is 0.408. The highest BCUT2D eigenvalue weighted by atomic mass is 16.4. The molecule has 2 aliphatic carbocycles. The molecule has 0 saturated carbocycles. The van der Waals surface area contributed by atoms with Gasteiger partial charge in [-0.1, -0.05) is 13.3 Å². The third-order valence-electron chi connectivity index (χ3n) is 5.26. The Kier molecular flexibility index (Phi) is 4.14. The minimum absolute atomic E-state index is 0.0617. The Morgan fingerprint density at radius 2 is 1.68 bits per heavy atom. The molecule has 9 heteroatoms. The number of phenolic OH excluding ortho intramolecular Hbond substituents is 2. The molecule has 0 aliphatic heterocycles. The third kappa shape index (κ3) is 2.17. The van der Waals surface area contributed by atoms with Crippen molar-refractivity contribution in [2.75, 3.05) is 0 Å². The maximum atomic E-state index is 13.1. The highest BCUT2D eigenvalue weighted by molar-refractivity contribution is 6.32. The van der Waals surface area contributed by atoms with E-state index in [0.717, 1.165) is 19.1 Å². The predicted octanol–water partition coefficient (Wildman–Crippen LogP) is 0.809. The lowest BCUT2D eigenvalue weighted by atomic mass is 9.62. The molecule has 1 aromatic carbocycles. The molecule has 28 heavy (non-hydrogen) atoms. The summed E-state index contributed by atoms with van der Waals surface area (Å²) in [6, 6.07) is 1.80. The first kappa shape index (κ1) is 19.6. The number of carbonyl (C=O) groups is 3. The van der Waals surface area contributed by atoms with Gasteiger partial charge in [-0.15, -0.1) is 0 Å². The molecule has 2 atom stereocenters. The summed E-state index contributed by atoms with van der Waals surface area (Å²) in [5, 5.41) is 61.4. The second kappa shape index (κ2) is 5.91. The van der Waals surface area contributed by atoms with Gasteiger partial charge in [0.1, 0.15) is 22.9 Å². The van der Waals surface area contributed by atoms with Crippen LogP contribution in [-0.4, -0.2) is 59.4 Å². The number of aromatic hydroxyl groups is 2. The zero-order valence-electron chi connectivity index (χ0n) is 15.0. The lowest BCUT2D eigenvalue weighted by Crippen LogP contribution is -2.67. The van der Waals surface area contributed by atoms with E-state index in [1.54, 1.807) is 6.92 Å². The van der Waals surface area contributed by atoms with E-state index >= 15 is 0 Å². The summed E-state index contributed by atoms with van der Waals surface area (Å²) in [7, 11) is 0. The zero-order valence-corrected chi connectivity index (χ0v) is 15.0. The summed E-state index contributed by atoms with van der Waals surface area (Å²) >= 11 is 0. The number of hydrogen-bond acceptors (Lipinski definition) is 8. The number of hydrogen-bond donors (Lipinski definition) is 6.